The first kappa shape index (κ1) is 19.8. The fourth-order valence-corrected chi connectivity index (χ4v) is 4.29. The second-order valence-corrected chi connectivity index (χ2v) is 8.36. The summed E-state index contributed by atoms with van der Waals surface area (Å²) in [6.07, 6.45) is 0. The lowest BCUT2D eigenvalue weighted by Gasteiger charge is -2.38. The fraction of sp³-hybridized carbons (Fsp3) is 0.263. The number of carbonyl (C=O) groups excluding carboxylic acids is 2. The Kier molecular flexibility index (Phi) is 5.66. The highest BCUT2D eigenvalue weighted by Crippen LogP contribution is 2.23. The number of benzene rings is 2. The van der Waals surface area contributed by atoms with Gasteiger partial charge in [0.15, 0.2) is 5.78 Å². The minimum atomic E-state index is -3.59. The van der Waals surface area contributed by atoms with E-state index in [4.69, 9.17) is 4.74 Å². The molecule has 1 fully saturated rings. The van der Waals surface area contributed by atoms with Gasteiger partial charge in [-0.25, -0.2) is 13.2 Å². The molecule has 0 saturated carbocycles. The van der Waals surface area contributed by atoms with Crippen molar-refractivity contribution in [2.24, 2.45) is 0 Å². The van der Waals surface area contributed by atoms with Crippen LogP contribution in [0.4, 0.5) is 10.5 Å². The summed E-state index contributed by atoms with van der Waals surface area (Å²) in [4.78, 5) is 23.5. The Hall–Kier alpha value is -2.91. The smallest absolute Gasteiger partial charge is 0.319 e. The van der Waals surface area contributed by atoms with Crippen LogP contribution in [0, 0.1) is 0 Å². The van der Waals surface area contributed by atoms with Crippen molar-refractivity contribution in [1.82, 2.24) is 9.62 Å². The summed E-state index contributed by atoms with van der Waals surface area (Å²) in [7, 11) is -2.08. The van der Waals surface area contributed by atoms with Crippen LogP contribution in [0.1, 0.15) is 17.3 Å². The Bertz CT molecular complexity index is 966. The van der Waals surface area contributed by atoms with E-state index in [9.17, 15) is 18.0 Å². The molecule has 0 aromatic heterocycles. The van der Waals surface area contributed by atoms with Crippen LogP contribution in [-0.2, 0) is 10.0 Å². The van der Waals surface area contributed by atoms with Crippen molar-refractivity contribution in [2.75, 3.05) is 25.5 Å². The molecular weight excluding hydrogens is 382 g/mol. The van der Waals surface area contributed by atoms with Crippen molar-refractivity contribution >= 4 is 27.5 Å². The number of rotatable bonds is 6. The SMILES string of the molecule is COc1ccc(S(=O)(=O)N2CC(NC(=O)Nc3ccc(C(C)=O)cc3)C2)cc1. The highest BCUT2D eigenvalue weighted by atomic mass is 32.2. The molecule has 28 heavy (non-hydrogen) atoms. The van der Waals surface area contributed by atoms with Gasteiger partial charge in [-0.1, -0.05) is 0 Å². The molecule has 0 spiro atoms. The van der Waals surface area contributed by atoms with Crippen LogP contribution in [0.3, 0.4) is 0 Å². The Labute approximate surface area is 163 Å². The van der Waals surface area contributed by atoms with Crippen LogP contribution < -0.4 is 15.4 Å². The average molecular weight is 403 g/mol. The Morgan fingerprint density at radius 1 is 1.04 bits per heavy atom. The van der Waals surface area contributed by atoms with Gasteiger partial charge in [-0.2, -0.15) is 4.31 Å². The van der Waals surface area contributed by atoms with E-state index < -0.39 is 16.1 Å². The average Bonchev–Trinajstić information content (AvgIpc) is 2.64. The lowest BCUT2D eigenvalue weighted by molar-refractivity contribution is 0.101. The molecular formula is C19H21N3O5S. The van der Waals surface area contributed by atoms with Gasteiger partial charge < -0.3 is 15.4 Å². The molecule has 1 heterocycles. The van der Waals surface area contributed by atoms with E-state index in [2.05, 4.69) is 10.6 Å². The van der Waals surface area contributed by atoms with Gasteiger partial charge >= 0.3 is 6.03 Å². The van der Waals surface area contributed by atoms with Gasteiger partial charge in [-0.15, -0.1) is 0 Å². The number of urea groups is 1. The first-order valence-corrected chi connectivity index (χ1v) is 10.1. The number of Topliss-reactive ketones (excluding diaryl/α,β-unsaturated/α-hetero) is 1. The second-order valence-electron chi connectivity index (χ2n) is 6.43. The van der Waals surface area contributed by atoms with Crippen molar-refractivity contribution in [3.63, 3.8) is 0 Å². The number of ether oxygens (including phenoxy) is 1. The molecule has 1 aliphatic heterocycles. The third-order valence-corrected chi connectivity index (χ3v) is 6.28. The number of hydrogen-bond donors (Lipinski definition) is 2. The van der Waals surface area contributed by atoms with E-state index in [0.29, 0.717) is 17.0 Å². The minimum Gasteiger partial charge on any atom is -0.497 e. The summed E-state index contributed by atoms with van der Waals surface area (Å²) >= 11 is 0. The van der Waals surface area contributed by atoms with Crippen molar-refractivity contribution < 1.29 is 22.7 Å². The summed E-state index contributed by atoms with van der Waals surface area (Å²) < 4.78 is 31.4. The number of amides is 2. The number of anilines is 1. The van der Waals surface area contributed by atoms with E-state index in [0.717, 1.165) is 0 Å². The predicted octanol–water partition coefficient (Wildman–Crippen LogP) is 2.09. The van der Waals surface area contributed by atoms with E-state index in [1.165, 1.54) is 30.5 Å². The quantitative estimate of drug-likeness (QED) is 0.719. The third-order valence-electron chi connectivity index (χ3n) is 4.43. The maximum atomic E-state index is 12.6. The molecule has 9 heteroatoms. The lowest BCUT2D eigenvalue weighted by atomic mass is 10.1. The van der Waals surface area contributed by atoms with Crippen LogP contribution in [0.25, 0.3) is 0 Å². The van der Waals surface area contributed by atoms with Crippen LogP contribution in [0.15, 0.2) is 53.4 Å². The van der Waals surface area contributed by atoms with Crippen molar-refractivity contribution in [3.8, 4) is 5.75 Å². The van der Waals surface area contributed by atoms with Gasteiger partial charge in [0.2, 0.25) is 10.0 Å². The predicted molar refractivity (Wildman–Crippen MR) is 104 cm³/mol. The molecule has 0 aliphatic carbocycles. The number of nitrogens with zero attached hydrogens (tertiary/aromatic N) is 1. The van der Waals surface area contributed by atoms with Gasteiger partial charge in [0.1, 0.15) is 5.75 Å². The summed E-state index contributed by atoms with van der Waals surface area (Å²) in [6.45, 7) is 1.87. The van der Waals surface area contributed by atoms with Crippen LogP contribution in [-0.4, -0.2) is 50.8 Å². The second kappa shape index (κ2) is 7.99. The molecule has 2 aromatic carbocycles. The third kappa shape index (κ3) is 4.32. The largest absolute Gasteiger partial charge is 0.497 e. The van der Waals surface area contributed by atoms with Gasteiger partial charge in [0, 0.05) is 24.3 Å². The first-order valence-electron chi connectivity index (χ1n) is 8.62. The monoisotopic (exact) mass is 403 g/mol. The molecule has 2 N–H and O–H groups in total. The van der Waals surface area contributed by atoms with Crippen LogP contribution in [0.5, 0.6) is 5.75 Å². The van der Waals surface area contributed by atoms with E-state index in [1.807, 2.05) is 0 Å². The number of nitrogens with one attached hydrogen (secondary N) is 2. The Balaban J connectivity index is 1.51. The molecule has 2 amide bonds. The number of methoxy groups -OCH3 is 1. The van der Waals surface area contributed by atoms with Gasteiger partial charge in [0.25, 0.3) is 0 Å². The number of carbonyl (C=O) groups is 2. The van der Waals surface area contributed by atoms with Crippen LogP contribution in [0.2, 0.25) is 0 Å². The summed E-state index contributed by atoms with van der Waals surface area (Å²) in [5.41, 5.74) is 1.11. The standard InChI is InChI=1S/C19H21N3O5S/c1-13(23)14-3-5-15(6-4-14)20-19(24)21-16-11-22(12-16)28(25,26)18-9-7-17(27-2)8-10-18/h3-10,16H,11-12H2,1-2H3,(H2,20,21,24). The zero-order chi connectivity index (χ0) is 20.3. The minimum absolute atomic E-state index is 0.0522. The summed E-state index contributed by atoms with van der Waals surface area (Å²) in [5, 5.41) is 5.39. The van der Waals surface area contributed by atoms with Crippen molar-refractivity contribution in [2.45, 2.75) is 17.9 Å². The van der Waals surface area contributed by atoms with Gasteiger partial charge in [0.05, 0.1) is 18.0 Å². The fourth-order valence-electron chi connectivity index (χ4n) is 2.76. The van der Waals surface area contributed by atoms with E-state index in [-0.39, 0.29) is 29.8 Å². The maximum absolute atomic E-state index is 12.6. The van der Waals surface area contributed by atoms with Gasteiger partial charge in [-0.05, 0) is 55.5 Å². The highest BCUT2D eigenvalue weighted by molar-refractivity contribution is 7.89. The Morgan fingerprint density at radius 2 is 1.64 bits per heavy atom. The maximum Gasteiger partial charge on any atom is 0.319 e. The lowest BCUT2D eigenvalue weighted by Crippen LogP contribution is -2.61. The molecule has 1 aliphatic rings. The zero-order valence-corrected chi connectivity index (χ0v) is 16.3. The molecule has 0 radical (unpaired) electrons. The summed E-state index contributed by atoms with van der Waals surface area (Å²) in [5.74, 6) is 0.527. The molecule has 3 rings (SSSR count). The zero-order valence-electron chi connectivity index (χ0n) is 15.5. The molecule has 0 bridgehead atoms. The van der Waals surface area contributed by atoms with Crippen molar-refractivity contribution in [3.05, 3.63) is 54.1 Å². The molecule has 8 nitrogen and oxygen atoms in total. The molecule has 0 unspecified atom stereocenters. The number of sulfonamides is 1. The number of hydrogen-bond acceptors (Lipinski definition) is 5. The Morgan fingerprint density at radius 3 is 2.18 bits per heavy atom. The molecule has 0 atom stereocenters. The molecule has 148 valence electrons. The molecule has 1 saturated heterocycles. The number of ketones is 1. The van der Waals surface area contributed by atoms with E-state index in [1.54, 1.807) is 36.4 Å². The first-order chi connectivity index (χ1) is 13.3. The topological polar surface area (TPSA) is 105 Å². The van der Waals surface area contributed by atoms with Crippen LogP contribution >= 0.6 is 0 Å². The summed E-state index contributed by atoms with van der Waals surface area (Å²) in [6, 6.07) is 12.0. The normalized spacial score (nSPS) is 14.8. The van der Waals surface area contributed by atoms with Gasteiger partial charge in [-0.3, -0.25) is 4.79 Å². The van der Waals surface area contributed by atoms with Crippen molar-refractivity contribution in [1.29, 1.82) is 0 Å². The van der Waals surface area contributed by atoms with E-state index >= 15 is 0 Å². The highest BCUT2D eigenvalue weighted by Gasteiger charge is 2.37. The molecule has 2 aromatic rings.